The van der Waals surface area contributed by atoms with Gasteiger partial charge < -0.3 is 9.47 Å². The fourth-order valence-electron chi connectivity index (χ4n) is 3.56. The van der Waals surface area contributed by atoms with Crippen LogP contribution in [0.1, 0.15) is 43.0 Å². The monoisotopic (exact) mass is 456 g/mol. The molecule has 1 amide bonds. The Kier molecular flexibility index (Phi) is 7.48. The summed E-state index contributed by atoms with van der Waals surface area (Å²) >= 11 is 3.26. The van der Waals surface area contributed by atoms with Gasteiger partial charge >= 0.3 is 0 Å². The van der Waals surface area contributed by atoms with Gasteiger partial charge in [0.15, 0.2) is 5.13 Å². The van der Waals surface area contributed by atoms with Crippen LogP contribution in [0.15, 0.2) is 47.4 Å². The smallest absolute Gasteiger partial charge is 0.260 e. The van der Waals surface area contributed by atoms with Crippen molar-refractivity contribution < 1.29 is 14.3 Å². The molecule has 1 atom stereocenters. The molecule has 1 saturated heterocycles. The molecule has 4 rings (SSSR count). The molecule has 164 valence electrons. The maximum absolute atomic E-state index is 13.5. The van der Waals surface area contributed by atoms with E-state index in [1.165, 1.54) is 4.90 Å². The average molecular weight is 457 g/mol. The molecule has 3 aromatic rings. The summed E-state index contributed by atoms with van der Waals surface area (Å²) in [5.74, 6) is 0.736. The Morgan fingerprint density at radius 3 is 2.84 bits per heavy atom. The van der Waals surface area contributed by atoms with Gasteiger partial charge in [-0.1, -0.05) is 24.7 Å². The number of carbonyl (C=O) groups is 1. The highest BCUT2D eigenvalue weighted by Gasteiger charge is 2.27. The summed E-state index contributed by atoms with van der Waals surface area (Å²) in [6.07, 6.45) is 6.23. The number of thiazole rings is 1. The molecule has 7 heteroatoms. The maximum Gasteiger partial charge on any atom is 0.260 e. The SMILES string of the molecule is CCCCOc1ccc(C(=O)N(CC2CCCO2)c2nc3ccc(SC)cc3s2)cc1. The van der Waals surface area contributed by atoms with Crippen molar-refractivity contribution in [2.24, 2.45) is 0 Å². The molecule has 1 aliphatic rings. The number of hydrogen-bond acceptors (Lipinski definition) is 6. The molecule has 2 aromatic carbocycles. The first-order chi connectivity index (χ1) is 15.2. The van der Waals surface area contributed by atoms with E-state index in [-0.39, 0.29) is 12.0 Å². The molecule has 2 heterocycles. The normalized spacial score (nSPS) is 16.0. The van der Waals surface area contributed by atoms with E-state index in [1.807, 2.05) is 30.3 Å². The van der Waals surface area contributed by atoms with E-state index < -0.39 is 0 Å². The third-order valence-corrected chi connectivity index (χ3v) is 7.10. The lowest BCUT2D eigenvalue weighted by molar-refractivity contribution is 0.0917. The van der Waals surface area contributed by atoms with E-state index in [9.17, 15) is 4.79 Å². The molecule has 0 saturated carbocycles. The molecular weight excluding hydrogens is 428 g/mol. The number of amides is 1. The average Bonchev–Trinajstić information content (AvgIpc) is 3.46. The van der Waals surface area contributed by atoms with E-state index in [0.717, 1.165) is 53.4 Å². The fraction of sp³-hybridized carbons (Fsp3) is 0.417. The number of carbonyl (C=O) groups excluding carboxylic acids is 1. The molecule has 1 unspecified atom stereocenters. The molecule has 1 fully saturated rings. The van der Waals surface area contributed by atoms with Gasteiger partial charge in [0.05, 0.1) is 29.5 Å². The van der Waals surface area contributed by atoms with Crippen LogP contribution in [0.5, 0.6) is 5.75 Å². The second-order valence-electron chi connectivity index (χ2n) is 7.61. The predicted molar refractivity (Wildman–Crippen MR) is 129 cm³/mol. The Morgan fingerprint density at radius 1 is 1.29 bits per heavy atom. The van der Waals surface area contributed by atoms with Crippen LogP contribution in [0, 0.1) is 0 Å². The largest absolute Gasteiger partial charge is 0.494 e. The molecule has 5 nitrogen and oxygen atoms in total. The van der Waals surface area contributed by atoms with Crippen molar-refractivity contribution in [3.8, 4) is 5.75 Å². The molecule has 31 heavy (non-hydrogen) atoms. The van der Waals surface area contributed by atoms with E-state index in [2.05, 4.69) is 25.3 Å². The van der Waals surface area contributed by atoms with Crippen LogP contribution in [0.2, 0.25) is 0 Å². The van der Waals surface area contributed by atoms with Crippen LogP contribution >= 0.6 is 23.1 Å². The first-order valence-electron chi connectivity index (χ1n) is 10.8. The van der Waals surface area contributed by atoms with Gasteiger partial charge in [0.1, 0.15) is 5.75 Å². The van der Waals surface area contributed by atoms with Crippen molar-refractivity contribution in [3.05, 3.63) is 48.0 Å². The topological polar surface area (TPSA) is 51.7 Å². The van der Waals surface area contributed by atoms with Gasteiger partial charge in [0.25, 0.3) is 5.91 Å². The van der Waals surface area contributed by atoms with Gasteiger partial charge in [-0.25, -0.2) is 4.98 Å². The Bertz CT molecular complexity index is 1010. The van der Waals surface area contributed by atoms with Crippen LogP contribution in [0.4, 0.5) is 5.13 Å². The number of nitrogens with zero attached hydrogens (tertiary/aromatic N) is 2. The van der Waals surface area contributed by atoms with Crippen molar-refractivity contribution in [1.82, 2.24) is 4.98 Å². The van der Waals surface area contributed by atoms with Gasteiger partial charge in [0.2, 0.25) is 0 Å². The minimum Gasteiger partial charge on any atom is -0.494 e. The Balaban J connectivity index is 1.59. The zero-order valence-electron chi connectivity index (χ0n) is 18.0. The van der Waals surface area contributed by atoms with Gasteiger partial charge in [-0.15, -0.1) is 11.8 Å². The highest BCUT2D eigenvalue weighted by Crippen LogP contribution is 2.33. The van der Waals surface area contributed by atoms with Crippen molar-refractivity contribution in [2.75, 3.05) is 30.9 Å². The zero-order chi connectivity index (χ0) is 21.6. The molecule has 0 radical (unpaired) electrons. The quantitative estimate of drug-likeness (QED) is 0.291. The van der Waals surface area contributed by atoms with Crippen molar-refractivity contribution in [2.45, 2.75) is 43.6 Å². The van der Waals surface area contributed by atoms with Gasteiger partial charge in [0, 0.05) is 17.1 Å². The first-order valence-corrected chi connectivity index (χ1v) is 12.8. The number of thioether (sulfide) groups is 1. The second-order valence-corrected chi connectivity index (χ2v) is 9.50. The summed E-state index contributed by atoms with van der Waals surface area (Å²) in [5, 5.41) is 0.719. The molecule has 0 spiro atoms. The second kappa shape index (κ2) is 10.5. The van der Waals surface area contributed by atoms with Crippen LogP contribution in [-0.4, -0.2) is 43.0 Å². The van der Waals surface area contributed by atoms with Crippen LogP contribution in [-0.2, 0) is 4.74 Å². The third-order valence-electron chi connectivity index (χ3n) is 5.34. The summed E-state index contributed by atoms with van der Waals surface area (Å²) in [4.78, 5) is 21.3. The highest BCUT2D eigenvalue weighted by atomic mass is 32.2. The van der Waals surface area contributed by atoms with Crippen LogP contribution < -0.4 is 9.64 Å². The molecule has 0 aliphatic carbocycles. The Hall–Kier alpha value is -2.09. The minimum absolute atomic E-state index is 0.0503. The minimum atomic E-state index is -0.0558. The molecule has 0 bridgehead atoms. The van der Waals surface area contributed by atoms with Crippen molar-refractivity contribution >= 4 is 44.4 Å². The summed E-state index contributed by atoms with van der Waals surface area (Å²) in [5.41, 5.74) is 1.55. The van der Waals surface area contributed by atoms with Crippen molar-refractivity contribution in [3.63, 3.8) is 0 Å². The van der Waals surface area contributed by atoms with E-state index in [1.54, 1.807) is 28.0 Å². The van der Waals surface area contributed by atoms with Gasteiger partial charge in [-0.3, -0.25) is 9.69 Å². The summed E-state index contributed by atoms with van der Waals surface area (Å²) in [6.45, 7) is 4.10. The van der Waals surface area contributed by atoms with E-state index >= 15 is 0 Å². The van der Waals surface area contributed by atoms with Crippen molar-refractivity contribution in [1.29, 1.82) is 0 Å². The zero-order valence-corrected chi connectivity index (χ0v) is 19.6. The number of hydrogen-bond donors (Lipinski definition) is 0. The highest BCUT2D eigenvalue weighted by molar-refractivity contribution is 7.98. The van der Waals surface area contributed by atoms with E-state index in [0.29, 0.717) is 18.7 Å². The lowest BCUT2D eigenvalue weighted by Crippen LogP contribution is -2.37. The molecular formula is C24H28N2O3S2. The number of benzene rings is 2. The summed E-state index contributed by atoms with van der Waals surface area (Å²) < 4.78 is 12.7. The molecule has 1 aromatic heterocycles. The summed E-state index contributed by atoms with van der Waals surface area (Å²) in [7, 11) is 0. The number of anilines is 1. The summed E-state index contributed by atoms with van der Waals surface area (Å²) in [6, 6.07) is 13.7. The fourth-order valence-corrected chi connectivity index (χ4v) is 5.09. The van der Waals surface area contributed by atoms with E-state index in [4.69, 9.17) is 14.5 Å². The number of aromatic nitrogens is 1. The molecule has 1 aliphatic heterocycles. The van der Waals surface area contributed by atoms with Gasteiger partial charge in [-0.05, 0) is 68.0 Å². The first kappa shape index (κ1) is 22.1. The Morgan fingerprint density at radius 2 is 2.13 bits per heavy atom. The third kappa shape index (κ3) is 5.40. The maximum atomic E-state index is 13.5. The number of ether oxygens (including phenoxy) is 2. The number of fused-ring (bicyclic) bond motifs is 1. The lowest BCUT2D eigenvalue weighted by Gasteiger charge is -2.23. The van der Waals surface area contributed by atoms with Crippen LogP contribution in [0.3, 0.4) is 0 Å². The lowest BCUT2D eigenvalue weighted by atomic mass is 10.1. The van der Waals surface area contributed by atoms with Gasteiger partial charge in [-0.2, -0.15) is 0 Å². The number of rotatable bonds is 9. The van der Waals surface area contributed by atoms with Crippen LogP contribution in [0.25, 0.3) is 10.2 Å². The predicted octanol–water partition coefficient (Wildman–Crippen LogP) is 6.02. The standard InChI is InChI=1S/C24H28N2O3S2/c1-3-4-13-28-18-9-7-17(8-10-18)23(27)26(16-19-6-5-14-29-19)24-25-21-12-11-20(30-2)15-22(21)31-24/h7-12,15,19H,3-6,13-14,16H2,1-2H3. The molecule has 0 N–H and O–H groups in total. The Labute approximate surface area is 191 Å². The number of unbranched alkanes of at least 4 members (excludes halogenated alkanes) is 1.